The minimum atomic E-state index is -3.87. The fourth-order valence-electron chi connectivity index (χ4n) is 3.02. The summed E-state index contributed by atoms with van der Waals surface area (Å²) in [6.45, 7) is 2.93. The van der Waals surface area contributed by atoms with Crippen molar-refractivity contribution in [1.82, 2.24) is 4.90 Å². The van der Waals surface area contributed by atoms with E-state index in [1.165, 1.54) is 12.1 Å². The maximum atomic E-state index is 12.5. The summed E-state index contributed by atoms with van der Waals surface area (Å²) < 4.78 is 27.5. The molecule has 0 saturated heterocycles. The van der Waals surface area contributed by atoms with Crippen LogP contribution in [-0.2, 0) is 27.8 Å². The molecule has 1 amide bonds. The lowest BCUT2D eigenvalue weighted by Crippen LogP contribution is -2.35. The third-order valence-electron chi connectivity index (χ3n) is 4.48. The van der Waals surface area contributed by atoms with Crippen LogP contribution < -0.4 is 4.72 Å². The van der Waals surface area contributed by atoms with Gasteiger partial charge in [-0.1, -0.05) is 13.0 Å². The predicted molar refractivity (Wildman–Crippen MR) is 99.8 cm³/mol. The molecule has 27 heavy (non-hydrogen) atoms. The number of carbonyl (C=O) groups excluding carboxylic acids is 1. The number of rotatable bonds is 5. The van der Waals surface area contributed by atoms with Gasteiger partial charge in [-0.2, -0.15) is 0 Å². The molecule has 1 heterocycles. The monoisotopic (exact) mass is 389 g/mol. The van der Waals surface area contributed by atoms with Gasteiger partial charge in [0.05, 0.1) is 9.82 Å². The first kappa shape index (κ1) is 18.8. The van der Waals surface area contributed by atoms with Crippen LogP contribution >= 0.6 is 0 Å². The van der Waals surface area contributed by atoms with E-state index in [1.54, 1.807) is 17.0 Å². The van der Waals surface area contributed by atoms with E-state index in [-0.39, 0.29) is 16.5 Å². The minimum Gasteiger partial charge on any atom is -0.338 e. The Labute approximate surface area is 157 Å². The molecule has 1 N–H and O–H groups in total. The summed E-state index contributed by atoms with van der Waals surface area (Å²) in [5.74, 6) is 0.0671. The van der Waals surface area contributed by atoms with Crippen molar-refractivity contribution >= 4 is 27.3 Å². The van der Waals surface area contributed by atoms with Crippen LogP contribution in [0.5, 0.6) is 0 Å². The van der Waals surface area contributed by atoms with Crippen molar-refractivity contribution in [3.05, 3.63) is 63.7 Å². The van der Waals surface area contributed by atoms with Gasteiger partial charge in [0.1, 0.15) is 0 Å². The number of nitrogens with zero attached hydrogens (tertiary/aromatic N) is 2. The predicted octanol–water partition coefficient (Wildman–Crippen LogP) is 2.69. The number of sulfonamides is 1. The summed E-state index contributed by atoms with van der Waals surface area (Å²) in [6.07, 6.45) is 1.16. The van der Waals surface area contributed by atoms with E-state index in [0.29, 0.717) is 25.2 Å². The number of anilines is 1. The largest absolute Gasteiger partial charge is 0.338 e. The Morgan fingerprint density at radius 2 is 1.89 bits per heavy atom. The minimum absolute atomic E-state index is 0.0615. The number of amides is 1. The van der Waals surface area contributed by atoms with Crippen LogP contribution in [0.1, 0.15) is 24.5 Å². The molecule has 8 nitrogen and oxygen atoms in total. The molecule has 2 aromatic carbocycles. The zero-order chi connectivity index (χ0) is 19.6. The summed E-state index contributed by atoms with van der Waals surface area (Å²) in [6, 6.07) is 9.95. The number of nitrogens with one attached hydrogen (secondary N) is 1. The number of hydrogen-bond donors (Lipinski definition) is 1. The van der Waals surface area contributed by atoms with Crippen molar-refractivity contribution < 1.29 is 18.1 Å². The average molecular weight is 389 g/mol. The first-order valence-corrected chi connectivity index (χ1v) is 9.95. The number of nitro groups is 1. The number of fused-ring (bicyclic) bond motifs is 1. The third-order valence-corrected chi connectivity index (χ3v) is 5.88. The van der Waals surface area contributed by atoms with Crippen LogP contribution in [0, 0.1) is 10.1 Å². The lowest BCUT2D eigenvalue weighted by atomic mass is 9.99. The van der Waals surface area contributed by atoms with E-state index in [4.69, 9.17) is 0 Å². The van der Waals surface area contributed by atoms with Gasteiger partial charge in [-0.3, -0.25) is 19.6 Å². The van der Waals surface area contributed by atoms with E-state index >= 15 is 0 Å². The molecule has 1 aliphatic heterocycles. The topological polar surface area (TPSA) is 110 Å². The maximum absolute atomic E-state index is 12.5. The molecule has 0 atom stereocenters. The molecular weight excluding hydrogens is 370 g/mol. The van der Waals surface area contributed by atoms with Gasteiger partial charge in [-0.15, -0.1) is 0 Å². The van der Waals surface area contributed by atoms with Crippen molar-refractivity contribution in [2.24, 2.45) is 0 Å². The SMILES string of the molecule is CCC(=O)N1CCc2ccc(NS(=O)(=O)c3ccc([N+](=O)[O-])cc3)cc2C1. The number of carbonyl (C=O) groups is 1. The summed E-state index contributed by atoms with van der Waals surface area (Å²) in [5, 5.41) is 10.7. The molecule has 2 aromatic rings. The third kappa shape index (κ3) is 4.08. The standard InChI is InChI=1S/C18H19N3O5S/c1-2-18(22)20-10-9-13-3-4-15(11-14(13)12-20)19-27(25,26)17-7-5-16(6-8-17)21(23)24/h3-8,11,19H,2,9-10,12H2,1H3. The van der Waals surface area contributed by atoms with Crippen molar-refractivity contribution in [3.63, 3.8) is 0 Å². The number of hydrogen-bond acceptors (Lipinski definition) is 5. The number of nitro benzene ring substituents is 1. The quantitative estimate of drug-likeness (QED) is 0.624. The van der Waals surface area contributed by atoms with Gasteiger partial charge in [-0.05, 0) is 41.8 Å². The van der Waals surface area contributed by atoms with E-state index in [1.807, 2.05) is 13.0 Å². The molecule has 3 rings (SSSR count). The van der Waals surface area contributed by atoms with Gasteiger partial charge in [-0.25, -0.2) is 8.42 Å². The highest BCUT2D eigenvalue weighted by Gasteiger charge is 2.21. The second-order valence-electron chi connectivity index (χ2n) is 6.26. The van der Waals surface area contributed by atoms with Crippen molar-refractivity contribution in [2.45, 2.75) is 31.2 Å². The first-order chi connectivity index (χ1) is 12.8. The molecule has 0 spiro atoms. The van der Waals surface area contributed by atoms with Gasteiger partial charge in [0.2, 0.25) is 5.91 Å². The zero-order valence-electron chi connectivity index (χ0n) is 14.7. The Balaban J connectivity index is 1.81. The Morgan fingerprint density at radius 3 is 2.52 bits per heavy atom. The van der Waals surface area contributed by atoms with Crippen molar-refractivity contribution in [1.29, 1.82) is 0 Å². The van der Waals surface area contributed by atoms with E-state index in [9.17, 15) is 23.3 Å². The lowest BCUT2D eigenvalue weighted by Gasteiger charge is -2.29. The van der Waals surface area contributed by atoms with Crippen LogP contribution in [0.2, 0.25) is 0 Å². The van der Waals surface area contributed by atoms with Crippen LogP contribution in [0.3, 0.4) is 0 Å². The fourth-order valence-corrected chi connectivity index (χ4v) is 4.07. The van der Waals surface area contributed by atoms with Crippen LogP contribution in [-0.4, -0.2) is 30.7 Å². The summed E-state index contributed by atoms with van der Waals surface area (Å²) in [4.78, 5) is 23.7. The Hall–Kier alpha value is -2.94. The van der Waals surface area contributed by atoms with E-state index in [2.05, 4.69) is 4.72 Å². The van der Waals surface area contributed by atoms with Crippen molar-refractivity contribution in [2.75, 3.05) is 11.3 Å². The van der Waals surface area contributed by atoms with Gasteiger partial charge in [0.15, 0.2) is 0 Å². The summed E-state index contributed by atoms with van der Waals surface area (Å²) in [5.41, 5.74) is 2.21. The van der Waals surface area contributed by atoms with Crippen LogP contribution in [0.15, 0.2) is 47.4 Å². The maximum Gasteiger partial charge on any atom is 0.269 e. The number of benzene rings is 2. The smallest absolute Gasteiger partial charge is 0.269 e. The van der Waals surface area contributed by atoms with Gasteiger partial charge in [0, 0.05) is 37.3 Å². The van der Waals surface area contributed by atoms with Gasteiger partial charge in [0.25, 0.3) is 15.7 Å². The summed E-state index contributed by atoms with van der Waals surface area (Å²) >= 11 is 0. The molecule has 0 unspecified atom stereocenters. The normalized spacial score (nSPS) is 13.7. The highest BCUT2D eigenvalue weighted by atomic mass is 32.2. The Kier molecular flexibility index (Phi) is 5.13. The van der Waals surface area contributed by atoms with Crippen molar-refractivity contribution in [3.8, 4) is 0 Å². The van der Waals surface area contributed by atoms with Gasteiger partial charge < -0.3 is 4.90 Å². The molecule has 0 aliphatic carbocycles. The fraction of sp³-hybridized carbons (Fsp3) is 0.278. The molecule has 0 saturated carbocycles. The summed E-state index contributed by atoms with van der Waals surface area (Å²) in [7, 11) is -3.87. The molecule has 0 radical (unpaired) electrons. The molecule has 1 aliphatic rings. The molecule has 0 bridgehead atoms. The molecular formula is C18H19N3O5S. The van der Waals surface area contributed by atoms with E-state index < -0.39 is 14.9 Å². The molecule has 9 heteroatoms. The zero-order valence-corrected chi connectivity index (χ0v) is 15.5. The lowest BCUT2D eigenvalue weighted by molar-refractivity contribution is -0.384. The van der Waals surface area contributed by atoms with Crippen LogP contribution in [0.25, 0.3) is 0 Å². The van der Waals surface area contributed by atoms with Gasteiger partial charge >= 0.3 is 0 Å². The second kappa shape index (κ2) is 7.36. The second-order valence-corrected chi connectivity index (χ2v) is 7.94. The Bertz CT molecular complexity index is 987. The highest BCUT2D eigenvalue weighted by Crippen LogP contribution is 2.25. The van der Waals surface area contributed by atoms with E-state index in [0.717, 1.165) is 29.7 Å². The van der Waals surface area contributed by atoms with Crippen LogP contribution in [0.4, 0.5) is 11.4 Å². The molecule has 0 aromatic heterocycles. The highest BCUT2D eigenvalue weighted by molar-refractivity contribution is 7.92. The first-order valence-electron chi connectivity index (χ1n) is 8.47. The average Bonchev–Trinajstić information content (AvgIpc) is 2.66. The molecule has 142 valence electrons. The molecule has 0 fully saturated rings. The number of non-ortho nitro benzene ring substituents is 1. The Morgan fingerprint density at radius 1 is 1.19 bits per heavy atom.